The van der Waals surface area contributed by atoms with E-state index in [0.717, 1.165) is 0 Å². The molecule has 13 heteroatoms. The fourth-order valence-electron chi connectivity index (χ4n) is 5.13. The van der Waals surface area contributed by atoms with Gasteiger partial charge in [-0.05, 0) is 55.8 Å². The zero-order valence-corrected chi connectivity index (χ0v) is 19.1. The molecule has 11 nitrogen and oxygen atoms in total. The van der Waals surface area contributed by atoms with Crippen LogP contribution in [-0.4, -0.2) is 84.8 Å². The van der Waals surface area contributed by atoms with E-state index < -0.39 is 17.9 Å². The van der Waals surface area contributed by atoms with E-state index in [2.05, 4.69) is 20.5 Å². The van der Waals surface area contributed by atoms with Crippen LogP contribution in [0.2, 0.25) is 0 Å². The molecule has 2 saturated heterocycles. The van der Waals surface area contributed by atoms with Crippen molar-refractivity contribution in [3.05, 3.63) is 41.0 Å². The number of hydrogen-bond donors (Lipinski definition) is 1. The second-order valence-electron chi connectivity index (χ2n) is 9.18. The van der Waals surface area contributed by atoms with Crippen LogP contribution in [0.3, 0.4) is 0 Å². The number of pyridine rings is 1. The van der Waals surface area contributed by atoms with Gasteiger partial charge in [0.1, 0.15) is 12.9 Å². The molecule has 186 valence electrons. The van der Waals surface area contributed by atoms with Crippen LogP contribution in [-0.2, 0) is 14.3 Å². The lowest BCUT2D eigenvalue weighted by Gasteiger charge is -2.38. The third-order valence-electron chi connectivity index (χ3n) is 7.29. The normalized spacial score (nSPS) is 21.5. The summed E-state index contributed by atoms with van der Waals surface area (Å²) in [6, 6.07) is 1.17. The van der Waals surface area contributed by atoms with Crippen LogP contribution in [0.1, 0.15) is 49.8 Å². The number of carbonyl (C=O) groups excluding carboxylic acids is 2. The third kappa shape index (κ3) is 4.18. The van der Waals surface area contributed by atoms with Crippen molar-refractivity contribution in [2.24, 2.45) is 5.41 Å². The molecule has 0 aromatic carbocycles. The van der Waals surface area contributed by atoms with Crippen LogP contribution in [0.5, 0.6) is 0 Å². The minimum atomic E-state index is -2.81. The summed E-state index contributed by atoms with van der Waals surface area (Å²) in [7, 11) is 0. The van der Waals surface area contributed by atoms with E-state index in [0.29, 0.717) is 50.2 Å². The lowest BCUT2D eigenvalue weighted by molar-refractivity contribution is -0.138. The number of amides is 1. The van der Waals surface area contributed by atoms with Gasteiger partial charge in [-0.2, -0.15) is 4.68 Å². The Morgan fingerprint density at radius 2 is 1.91 bits per heavy atom. The number of nitrogens with zero attached hydrogens (tertiary/aromatic N) is 7. The Balaban J connectivity index is 1.24. The molecule has 5 rings (SSSR count). The summed E-state index contributed by atoms with van der Waals surface area (Å²) in [6.07, 6.45) is 0.364. The minimum Gasteiger partial charge on any atom is -0.456 e. The van der Waals surface area contributed by atoms with E-state index in [1.54, 1.807) is 11.8 Å². The van der Waals surface area contributed by atoms with Crippen LogP contribution < -0.4 is 0 Å². The van der Waals surface area contributed by atoms with E-state index in [1.165, 1.54) is 23.3 Å². The first-order valence-electron chi connectivity index (χ1n) is 11.4. The Kier molecular flexibility index (Phi) is 6.05. The number of likely N-dealkylation sites (tertiary alicyclic amines) is 2. The van der Waals surface area contributed by atoms with Crippen LogP contribution in [0.25, 0.3) is 5.82 Å². The average molecular weight is 489 g/mol. The van der Waals surface area contributed by atoms with Gasteiger partial charge in [0.15, 0.2) is 5.82 Å². The average Bonchev–Trinajstić information content (AvgIpc) is 3.57. The van der Waals surface area contributed by atoms with Gasteiger partial charge in [0.25, 0.3) is 6.43 Å². The van der Waals surface area contributed by atoms with Crippen molar-refractivity contribution in [2.45, 2.75) is 38.7 Å². The number of rotatable bonds is 6. The topological polar surface area (TPSA) is 127 Å². The number of aliphatic hydroxyl groups is 1. The number of halogens is 2. The van der Waals surface area contributed by atoms with Crippen molar-refractivity contribution in [1.82, 2.24) is 35.0 Å². The van der Waals surface area contributed by atoms with Gasteiger partial charge in [0.2, 0.25) is 5.91 Å². The van der Waals surface area contributed by atoms with E-state index in [1.807, 2.05) is 4.90 Å². The number of aliphatic hydroxyl groups excluding tert-OH is 1. The molecule has 3 aliphatic rings. The molecule has 0 aliphatic carbocycles. The molecule has 1 N–H and O–H groups in total. The monoisotopic (exact) mass is 489 g/mol. The second-order valence-corrected chi connectivity index (χ2v) is 9.18. The highest BCUT2D eigenvalue weighted by Crippen LogP contribution is 2.44. The van der Waals surface area contributed by atoms with Gasteiger partial charge in [-0.3, -0.25) is 4.79 Å². The molecule has 2 fully saturated rings. The molecule has 0 radical (unpaired) electrons. The number of piperidine rings is 1. The number of tetrazole rings is 1. The maximum Gasteiger partial charge on any atom is 0.336 e. The lowest BCUT2D eigenvalue weighted by atomic mass is 9.77. The van der Waals surface area contributed by atoms with Gasteiger partial charge in [0.05, 0.1) is 22.8 Å². The number of carbonyl (C=O) groups is 2. The first-order valence-corrected chi connectivity index (χ1v) is 11.4. The molecular weight excluding hydrogens is 464 g/mol. The van der Waals surface area contributed by atoms with Gasteiger partial charge in [0, 0.05) is 30.4 Å². The molecule has 1 spiro atoms. The molecule has 0 bridgehead atoms. The Morgan fingerprint density at radius 1 is 1.17 bits per heavy atom. The van der Waals surface area contributed by atoms with Gasteiger partial charge in [-0.25, -0.2) is 18.6 Å². The summed E-state index contributed by atoms with van der Waals surface area (Å²) in [5.41, 5.74) is 0.333. The largest absolute Gasteiger partial charge is 0.456 e. The zero-order chi connectivity index (χ0) is 24.7. The van der Waals surface area contributed by atoms with Crippen molar-refractivity contribution in [1.29, 1.82) is 0 Å². The quantitative estimate of drug-likeness (QED) is 0.595. The molecular formula is C22H25F2N7O4. The molecule has 1 atom stereocenters. The lowest BCUT2D eigenvalue weighted by Crippen LogP contribution is -2.45. The van der Waals surface area contributed by atoms with E-state index >= 15 is 0 Å². The third-order valence-corrected chi connectivity index (χ3v) is 7.29. The molecule has 1 amide bonds. The summed E-state index contributed by atoms with van der Waals surface area (Å²) in [4.78, 5) is 32.8. The maximum atomic E-state index is 13.8. The fourth-order valence-corrected chi connectivity index (χ4v) is 5.13. The van der Waals surface area contributed by atoms with Crippen molar-refractivity contribution < 1.29 is 28.2 Å². The Labute approximate surface area is 199 Å². The predicted octanol–water partition coefficient (Wildman–Crippen LogP) is 1.17. The standard InChI is InChI=1S/C22H25F2N7O4/c1-13-16(11-35-20(13)33)30-7-4-22(21(30)34)2-5-29(6-3-22)10-17(32)15-9-25-18(8-14(15)19(23)24)31-12-26-27-28-31/h8-9,12,17,19,32H,2-7,10-11H2,1H3. The predicted molar refractivity (Wildman–Crippen MR) is 115 cm³/mol. The molecule has 35 heavy (non-hydrogen) atoms. The Hall–Kier alpha value is -3.32. The van der Waals surface area contributed by atoms with E-state index in [-0.39, 0.29) is 42.0 Å². The number of cyclic esters (lactones) is 1. The molecule has 2 aromatic heterocycles. The molecule has 2 aromatic rings. The fraction of sp³-hybridized carbons (Fsp3) is 0.545. The first-order chi connectivity index (χ1) is 16.8. The van der Waals surface area contributed by atoms with Gasteiger partial charge >= 0.3 is 5.97 Å². The summed E-state index contributed by atoms with van der Waals surface area (Å²) >= 11 is 0. The van der Waals surface area contributed by atoms with Crippen LogP contribution >= 0.6 is 0 Å². The van der Waals surface area contributed by atoms with Crippen LogP contribution in [0, 0.1) is 5.41 Å². The van der Waals surface area contributed by atoms with Crippen molar-refractivity contribution in [3.8, 4) is 5.82 Å². The van der Waals surface area contributed by atoms with Gasteiger partial charge in [-0.15, -0.1) is 5.10 Å². The van der Waals surface area contributed by atoms with Gasteiger partial charge < -0.3 is 19.6 Å². The zero-order valence-electron chi connectivity index (χ0n) is 19.1. The second kappa shape index (κ2) is 9.04. The highest BCUT2D eigenvalue weighted by molar-refractivity contribution is 5.94. The van der Waals surface area contributed by atoms with Crippen LogP contribution in [0.4, 0.5) is 8.78 Å². The van der Waals surface area contributed by atoms with Gasteiger partial charge in [-0.1, -0.05) is 0 Å². The molecule has 5 heterocycles. The van der Waals surface area contributed by atoms with Crippen molar-refractivity contribution in [3.63, 3.8) is 0 Å². The molecule has 1 unspecified atom stereocenters. The summed E-state index contributed by atoms with van der Waals surface area (Å²) < 4.78 is 33.7. The number of β-amino-alcohol motifs (C(OH)–C–C–N with tert-alkyl or cyclic N) is 1. The van der Waals surface area contributed by atoms with E-state index in [9.17, 15) is 23.5 Å². The van der Waals surface area contributed by atoms with Crippen LogP contribution in [0.15, 0.2) is 29.9 Å². The summed E-state index contributed by atoms with van der Waals surface area (Å²) in [6.45, 7) is 3.57. The number of alkyl halides is 2. The molecule has 0 saturated carbocycles. The minimum absolute atomic E-state index is 0.00715. The Morgan fingerprint density at radius 3 is 2.54 bits per heavy atom. The first kappa shape index (κ1) is 23.4. The molecule has 3 aliphatic heterocycles. The smallest absolute Gasteiger partial charge is 0.336 e. The van der Waals surface area contributed by atoms with Crippen molar-refractivity contribution >= 4 is 11.9 Å². The number of ether oxygens (including phenoxy) is 1. The number of hydrogen-bond acceptors (Lipinski definition) is 9. The maximum absolute atomic E-state index is 13.8. The Bertz CT molecular complexity index is 1160. The van der Waals surface area contributed by atoms with Crippen molar-refractivity contribution in [2.75, 3.05) is 32.8 Å². The van der Waals surface area contributed by atoms with E-state index in [4.69, 9.17) is 4.74 Å². The summed E-state index contributed by atoms with van der Waals surface area (Å²) in [5, 5.41) is 21.4. The SMILES string of the molecule is CC1=C(N2CCC3(CCN(CC(O)c4cnc(-n5cnnn5)cc4C(F)F)CC3)C2=O)COC1=O. The number of esters is 1. The summed E-state index contributed by atoms with van der Waals surface area (Å²) in [5.74, 6) is -0.251. The highest BCUT2D eigenvalue weighted by Gasteiger charge is 2.50. The highest BCUT2D eigenvalue weighted by atomic mass is 19.3. The number of aromatic nitrogens is 5.